The molecule has 1 aliphatic rings. The van der Waals surface area contributed by atoms with E-state index in [4.69, 9.17) is 9.47 Å². The molecule has 0 aromatic heterocycles. The molecule has 1 heterocycles. The number of rotatable bonds is 57. The Kier molecular flexibility index (Phi) is 51.8. The number of aliphatic hydroxyl groups excluding tert-OH is 7. The maximum absolute atomic E-state index is 13.2. The molecule has 1 aliphatic heterocycles. The fourth-order valence-electron chi connectivity index (χ4n) is 10.7. The monoisotopic (exact) mass is 1080 g/mol. The Hall–Kier alpha value is -1.41. The van der Waals surface area contributed by atoms with Crippen molar-refractivity contribution in [2.75, 3.05) is 13.2 Å². The second-order valence-corrected chi connectivity index (χ2v) is 23.2. The minimum atomic E-state index is -1.66. The summed E-state index contributed by atoms with van der Waals surface area (Å²) < 4.78 is 11.2. The first-order chi connectivity index (χ1) is 37.2. The van der Waals surface area contributed by atoms with Crippen LogP contribution in [0.25, 0.3) is 0 Å². The summed E-state index contributed by atoms with van der Waals surface area (Å²) in [7, 11) is 0. The fraction of sp³-hybridized carbons (Fsp3) is 0.923. The van der Waals surface area contributed by atoms with Gasteiger partial charge in [-0.1, -0.05) is 295 Å². The molecular weight excluding hydrogens is 955 g/mol. The number of hydrogen-bond acceptors (Lipinski definition) is 10. The van der Waals surface area contributed by atoms with E-state index in [1.54, 1.807) is 0 Å². The molecule has 8 N–H and O–H groups in total. The van der Waals surface area contributed by atoms with E-state index in [0.717, 1.165) is 44.9 Å². The third-order valence-electron chi connectivity index (χ3n) is 16.0. The topological polar surface area (TPSA) is 189 Å². The first-order valence-electron chi connectivity index (χ1n) is 32.7. The van der Waals surface area contributed by atoms with Gasteiger partial charge < -0.3 is 50.5 Å². The van der Waals surface area contributed by atoms with Crippen molar-refractivity contribution in [1.29, 1.82) is 0 Å². The standard InChI is InChI=1S/C65H125NO10/c1-3-5-7-9-11-13-15-17-19-21-23-24-25-26-27-28-29-30-31-32-33-35-37-39-41-43-45-47-49-51-53-58(69)64(74)66-56(55-75-65-63(73)62(72)61(71)59(54-67)76-65)60(70)57(68)52-50-48-46-44-42-40-38-36-34-22-20-18-16-14-12-10-8-6-4-2/h23-24,26-27,56-63,65,67-73H,3-22,25,28-55H2,1-2H3,(H,66,74)/b24-23-,27-26-. The van der Waals surface area contributed by atoms with Crippen LogP contribution in [0.2, 0.25) is 0 Å². The lowest BCUT2D eigenvalue weighted by atomic mass is 9.98. The molecule has 0 spiro atoms. The van der Waals surface area contributed by atoms with E-state index in [2.05, 4.69) is 43.5 Å². The van der Waals surface area contributed by atoms with Gasteiger partial charge in [-0.05, 0) is 44.9 Å². The van der Waals surface area contributed by atoms with Crippen LogP contribution >= 0.6 is 0 Å². The number of unbranched alkanes of at least 4 members (excludes halogenated alkanes) is 41. The van der Waals surface area contributed by atoms with Crippen molar-refractivity contribution in [3.8, 4) is 0 Å². The van der Waals surface area contributed by atoms with E-state index in [-0.39, 0.29) is 6.42 Å². The highest BCUT2D eigenvalue weighted by Gasteiger charge is 2.44. The number of aliphatic hydroxyl groups is 7. The molecule has 1 saturated heterocycles. The Morgan fingerprint density at radius 2 is 0.803 bits per heavy atom. The lowest BCUT2D eigenvalue weighted by molar-refractivity contribution is -0.303. The summed E-state index contributed by atoms with van der Waals surface area (Å²) in [6.45, 7) is 3.50. The Balaban J connectivity index is 2.22. The van der Waals surface area contributed by atoms with E-state index >= 15 is 0 Å². The molecule has 9 unspecified atom stereocenters. The fourth-order valence-corrected chi connectivity index (χ4v) is 10.7. The van der Waals surface area contributed by atoms with Gasteiger partial charge in [0.1, 0.15) is 36.6 Å². The van der Waals surface area contributed by atoms with Gasteiger partial charge in [-0.15, -0.1) is 0 Å². The smallest absolute Gasteiger partial charge is 0.249 e. The Morgan fingerprint density at radius 1 is 0.461 bits per heavy atom. The van der Waals surface area contributed by atoms with E-state index < -0.39 is 74.2 Å². The van der Waals surface area contributed by atoms with Crippen LogP contribution in [0, 0.1) is 0 Å². The Labute approximate surface area is 467 Å². The van der Waals surface area contributed by atoms with Crippen LogP contribution in [0.15, 0.2) is 24.3 Å². The molecule has 0 aromatic rings. The van der Waals surface area contributed by atoms with Gasteiger partial charge in [-0.25, -0.2) is 0 Å². The van der Waals surface area contributed by atoms with E-state index in [1.807, 2.05) is 0 Å². The Bertz CT molecular complexity index is 1280. The summed E-state index contributed by atoms with van der Waals surface area (Å²) >= 11 is 0. The van der Waals surface area contributed by atoms with Crippen molar-refractivity contribution in [1.82, 2.24) is 5.32 Å². The zero-order valence-corrected chi connectivity index (χ0v) is 49.5. The van der Waals surface area contributed by atoms with Crippen molar-refractivity contribution in [3.05, 3.63) is 24.3 Å². The average Bonchev–Trinajstić information content (AvgIpc) is 3.42. The molecule has 1 rings (SSSR count). The minimum Gasteiger partial charge on any atom is -0.394 e. The molecule has 0 saturated carbocycles. The van der Waals surface area contributed by atoms with Crippen LogP contribution in [0.5, 0.6) is 0 Å². The maximum atomic E-state index is 13.2. The molecule has 1 fully saturated rings. The van der Waals surface area contributed by atoms with Gasteiger partial charge in [0.05, 0.1) is 25.4 Å². The van der Waals surface area contributed by atoms with Crippen LogP contribution in [0.3, 0.4) is 0 Å². The van der Waals surface area contributed by atoms with Crippen LogP contribution < -0.4 is 5.32 Å². The largest absolute Gasteiger partial charge is 0.394 e. The van der Waals surface area contributed by atoms with Crippen LogP contribution in [-0.4, -0.2) is 110 Å². The average molecular weight is 1080 g/mol. The van der Waals surface area contributed by atoms with Crippen LogP contribution in [-0.2, 0) is 14.3 Å². The predicted molar refractivity (Wildman–Crippen MR) is 316 cm³/mol. The highest BCUT2D eigenvalue weighted by Crippen LogP contribution is 2.24. The van der Waals surface area contributed by atoms with Crippen LogP contribution in [0.1, 0.15) is 316 Å². The van der Waals surface area contributed by atoms with Gasteiger partial charge in [-0.3, -0.25) is 4.79 Å². The number of carbonyl (C=O) groups excluding carboxylic acids is 1. The van der Waals surface area contributed by atoms with Gasteiger partial charge >= 0.3 is 0 Å². The van der Waals surface area contributed by atoms with Crippen molar-refractivity contribution < 1.29 is 50.0 Å². The zero-order chi connectivity index (χ0) is 55.4. The van der Waals surface area contributed by atoms with Gasteiger partial charge in [0, 0.05) is 0 Å². The third kappa shape index (κ3) is 41.6. The maximum Gasteiger partial charge on any atom is 0.249 e. The highest BCUT2D eigenvalue weighted by atomic mass is 16.7. The number of nitrogens with one attached hydrogen (secondary N) is 1. The third-order valence-corrected chi connectivity index (χ3v) is 16.0. The first kappa shape index (κ1) is 72.6. The molecule has 9 atom stereocenters. The quantitative estimate of drug-likeness (QED) is 0.0215. The molecule has 450 valence electrons. The lowest BCUT2D eigenvalue weighted by Crippen LogP contribution is -2.60. The van der Waals surface area contributed by atoms with Crippen molar-refractivity contribution >= 4 is 5.91 Å². The van der Waals surface area contributed by atoms with Gasteiger partial charge in [0.2, 0.25) is 5.91 Å². The first-order valence-corrected chi connectivity index (χ1v) is 32.7. The zero-order valence-electron chi connectivity index (χ0n) is 49.5. The number of allylic oxidation sites excluding steroid dienone is 4. The molecule has 76 heavy (non-hydrogen) atoms. The van der Waals surface area contributed by atoms with Crippen molar-refractivity contribution in [2.45, 2.75) is 371 Å². The number of ether oxygens (including phenoxy) is 2. The summed E-state index contributed by atoms with van der Waals surface area (Å²) in [5, 5.41) is 76.4. The molecule has 0 aliphatic carbocycles. The minimum absolute atomic E-state index is 0.262. The summed E-state index contributed by atoms with van der Waals surface area (Å²) in [5.41, 5.74) is 0. The number of carbonyl (C=O) groups is 1. The van der Waals surface area contributed by atoms with Crippen molar-refractivity contribution in [2.24, 2.45) is 0 Å². The van der Waals surface area contributed by atoms with Gasteiger partial charge in [-0.2, -0.15) is 0 Å². The molecule has 0 aromatic carbocycles. The summed E-state index contributed by atoms with van der Waals surface area (Å²) in [4.78, 5) is 13.2. The molecular formula is C65H125NO10. The normalized spacial score (nSPS) is 19.7. The SMILES string of the molecule is CCCCCCCCCCC/C=C\C/C=C\CCCCCCCCCCCCCCCCC(O)C(=O)NC(COC1OC(CO)C(O)C(O)C1O)C(O)C(O)CCCCCCCCCCCCCCCCCCCCC. The highest BCUT2D eigenvalue weighted by molar-refractivity contribution is 5.80. The van der Waals surface area contributed by atoms with E-state index in [1.165, 1.54) is 231 Å². The van der Waals surface area contributed by atoms with Gasteiger partial charge in [0.15, 0.2) is 6.29 Å². The molecule has 0 bridgehead atoms. The van der Waals surface area contributed by atoms with E-state index in [0.29, 0.717) is 19.3 Å². The number of hydrogen-bond donors (Lipinski definition) is 8. The second kappa shape index (κ2) is 54.2. The summed E-state index contributed by atoms with van der Waals surface area (Å²) in [5.74, 6) is -0.692. The Morgan fingerprint density at radius 3 is 1.17 bits per heavy atom. The number of amides is 1. The second-order valence-electron chi connectivity index (χ2n) is 23.2. The molecule has 1 amide bonds. The molecule has 11 heteroatoms. The summed E-state index contributed by atoms with van der Waals surface area (Å²) in [6.07, 6.45) is 55.3. The molecule has 11 nitrogen and oxygen atoms in total. The van der Waals surface area contributed by atoms with Crippen LogP contribution in [0.4, 0.5) is 0 Å². The predicted octanol–water partition coefficient (Wildman–Crippen LogP) is 14.9. The van der Waals surface area contributed by atoms with Gasteiger partial charge in [0.25, 0.3) is 0 Å². The lowest BCUT2D eigenvalue weighted by Gasteiger charge is -2.40. The summed E-state index contributed by atoms with van der Waals surface area (Å²) in [6, 6.07) is -1.17. The van der Waals surface area contributed by atoms with E-state index in [9.17, 15) is 40.5 Å². The molecule has 0 radical (unpaired) electrons. The van der Waals surface area contributed by atoms with Crippen molar-refractivity contribution in [3.63, 3.8) is 0 Å².